The lowest BCUT2D eigenvalue weighted by Gasteiger charge is -2.13. The lowest BCUT2D eigenvalue weighted by molar-refractivity contribution is 0.538. The van der Waals surface area contributed by atoms with Gasteiger partial charge in [-0.25, -0.2) is 13.1 Å². The maximum absolute atomic E-state index is 11.9. The summed E-state index contributed by atoms with van der Waals surface area (Å²) in [6, 6.07) is 2.16. The van der Waals surface area contributed by atoms with Crippen LogP contribution in [0.25, 0.3) is 0 Å². The third kappa shape index (κ3) is 5.61. The van der Waals surface area contributed by atoms with Gasteiger partial charge in [0.05, 0.1) is 11.9 Å². The summed E-state index contributed by atoms with van der Waals surface area (Å²) in [4.78, 5) is 0. The summed E-state index contributed by atoms with van der Waals surface area (Å²) in [7, 11) is -3.31. The molecule has 1 rings (SSSR count). The smallest absolute Gasteiger partial charge is 0.233 e. The third-order valence-electron chi connectivity index (χ3n) is 2.56. The molecule has 1 aromatic rings. The van der Waals surface area contributed by atoms with Crippen molar-refractivity contribution < 1.29 is 8.42 Å². The first-order valence-electron chi connectivity index (χ1n) is 6.59. The van der Waals surface area contributed by atoms with E-state index in [0.717, 1.165) is 0 Å². The lowest BCUT2D eigenvalue weighted by Crippen LogP contribution is -2.27. The Morgan fingerprint density at radius 2 is 2.00 bits per heavy atom. The van der Waals surface area contributed by atoms with Crippen molar-refractivity contribution in [1.82, 2.24) is 15.1 Å². The highest BCUT2D eigenvalue weighted by Crippen LogP contribution is 2.14. The van der Waals surface area contributed by atoms with Crippen LogP contribution >= 0.6 is 0 Å². The van der Waals surface area contributed by atoms with Crippen LogP contribution in [0, 0.1) is 0 Å². The van der Waals surface area contributed by atoms with E-state index in [2.05, 4.69) is 15.1 Å². The van der Waals surface area contributed by atoms with Gasteiger partial charge >= 0.3 is 0 Å². The average Bonchev–Trinajstić information content (AvgIpc) is 2.71. The molecule has 0 spiro atoms. The molecule has 0 amide bonds. The second kappa shape index (κ2) is 6.91. The van der Waals surface area contributed by atoms with Crippen LogP contribution in [-0.4, -0.2) is 36.5 Å². The van der Waals surface area contributed by atoms with E-state index in [4.69, 9.17) is 0 Å². The zero-order valence-electron chi connectivity index (χ0n) is 12.0. The van der Waals surface area contributed by atoms with Crippen LogP contribution in [0.2, 0.25) is 0 Å². The number of rotatable bonds is 8. The van der Waals surface area contributed by atoms with Crippen molar-refractivity contribution in [3.05, 3.63) is 12.3 Å². The number of aromatic nitrogens is 2. The van der Waals surface area contributed by atoms with E-state index >= 15 is 0 Å². The van der Waals surface area contributed by atoms with Crippen molar-refractivity contribution in [2.75, 3.05) is 17.0 Å². The van der Waals surface area contributed by atoms with E-state index in [1.165, 1.54) is 0 Å². The molecule has 0 aromatic carbocycles. The van der Waals surface area contributed by atoms with E-state index in [1.54, 1.807) is 16.9 Å². The minimum Gasteiger partial charge on any atom is -0.314 e. The Morgan fingerprint density at radius 1 is 1.32 bits per heavy atom. The molecule has 0 radical (unpaired) electrons. The predicted octanol–water partition coefficient (Wildman–Crippen LogP) is 1.59. The minimum atomic E-state index is -3.31. The van der Waals surface area contributed by atoms with Crippen molar-refractivity contribution in [3.63, 3.8) is 0 Å². The Bertz CT molecular complexity index is 480. The van der Waals surface area contributed by atoms with Crippen LogP contribution in [0.4, 0.5) is 5.82 Å². The summed E-state index contributed by atoms with van der Waals surface area (Å²) < 4.78 is 28.1. The van der Waals surface area contributed by atoms with E-state index in [9.17, 15) is 8.42 Å². The summed E-state index contributed by atoms with van der Waals surface area (Å²) in [6.07, 6.45) is 2.18. The van der Waals surface area contributed by atoms with Gasteiger partial charge in [0.2, 0.25) is 10.0 Å². The molecule has 0 aliphatic heterocycles. The molecule has 0 atom stereocenters. The van der Waals surface area contributed by atoms with Crippen molar-refractivity contribution in [3.8, 4) is 0 Å². The van der Waals surface area contributed by atoms with Crippen molar-refractivity contribution in [1.29, 1.82) is 0 Å². The summed E-state index contributed by atoms with van der Waals surface area (Å²) >= 11 is 0. The molecule has 110 valence electrons. The molecule has 0 aliphatic rings. The molecule has 0 bridgehead atoms. The molecule has 1 aromatic heterocycles. The molecule has 7 heteroatoms. The standard InChI is InChI=1S/C12H24N4O2S/c1-10(2)13-7-5-9-19(17,18)15-12-6-8-14-16(12)11(3)4/h6,8,10-11,13,15H,5,7,9H2,1-4H3. The second-order valence-electron chi connectivity index (χ2n) is 5.14. The van der Waals surface area contributed by atoms with Crippen LogP contribution in [0.3, 0.4) is 0 Å². The van der Waals surface area contributed by atoms with Crippen LogP contribution in [0.1, 0.15) is 40.2 Å². The highest BCUT2D eigenvalue weighted by atomic mass is 32.2. The van der Waals surface area contributed by atoms with Gasteiger partial charge in [-0.2, -0.15) is 5.10 Å². The molecule has 0 unspecified atom stereocenters. The molecule has 0 saturated heterocycles. The molecule has 1 heterocycles. The summed E-state index contributed by atoms with van der Waals surface area (Å²) in [5, 5.41) is 7.29. The summed E-state index contributed by atoms with van der Waals surface area (Å²) in [5.41, 5.74) is 0. The predicted molar refractivity (Wildman–Crippen MR) is 77.8 cm³/mol. The Labute approximate surface area is 115 Å². The van der Waals surface area contributed by atoms with E-state index < -0.39 is 10.0 Å². The lowest BCUT2D eigenvalue weighted by atomic mass is 10.4. The van der Waals surface area contributed by atoms with Gasteiger partial charge in [0.15, 0.2) is 0 Å². The van der Waals surface area contributed by atoms with Gasteiger partial charge in [-0.1, -0.05) is 13.8 Å². The molecule has 2 N–H and O–H groups in total. The zero-order valence-corrected chi connectivity index (χ0v) is 12.9. The van der Waals surface area contributed by atoms with Gasteiger partial charge < -0.3 is 5.32 Å². The molecular formula is C12H24N4O2S. The van der Waals surface area contributed by atoms with Crippen molar-refractivity contribution in [2.24, 2.45) is 0 Å². The Balaban J connectivity index is 2.52. The summed E-state index contributed by atoms with van der Waals surface area (Å²) in [5.74, 6) is 0.627. The van der Waals surface area contributed by atoms with Gasteiger partial charge in [-0.3, -0.25) is 4.72 Å². The largest absolute Gasteiger partial charge is 0.314 e. The van der Waals surface area contributed by atoms with Crippen molar-refractivity contribution in [2.45, 2.75) is 46.2 Å². The number of nitrogens with zero attached hydrogens (tertiary/aromatic N) is 2. The van der Waals surface area contributed by atoms with Crippen LogP contribution in [0.15, 0.2) is 12.3 Å². The Kier molecular flexibility index (Phi) is 5.81. The zero-order chi connectivity index (χ0) is 14.5. The fourth-order valence-electron chi connectivity index (χ4n) is 1.67. The van der Waals surface area contributed by atoms with Crippen molar-refractivity contribution >= 4 is 15.8 Å². The van der Waals surface area contributed by atoms with E-state index in [0.29, 0.717) is 24.8 Å². The number of hydrogen-bond donors (Lipinski definition) is 2. The maximum atomic E-state index is 11.9. The van der Waals surface area contributed by atoms with Gasteiger partial charge in [0.25, 0.3) is 0 Å². The quantitative estimate of drug-likeness (QED) is 0.712. The molecule has 0 saturated carbocycles. The molecule has 0 aliphatic carbocycles. The molecule has 0 fully saturated rings. The van der Waals surface area contributed by atoms with Gasteiger partial charge in [0, 0.05) is 18.2 Å². The van der Waals surface area contributed by atoms with Crippen LogP contribution < -0.4 is 10.0 Å². The Hall–Kier alpha value is -1.08. The third-order valence-corrected chi connectivity index (χ3v) is 3.91. The van der Waals surface area contributed by atoms with E-state index in [1.807, 2.05) is 27.7 Å². The Morgan fingerprint density at radius 3 is 2.58 bits per heavy atom. The monoisotopic (exact) mass is 288 g/mol. The fraction of sp³-hybridized carbons (Fsp3) is 0.750. The highest BCUT2D eigenvalue weighted by molar-refractivity contribution is 7.92. The number of nitrogens with one attached hydrogen (secondary N) is 2. The van der Waals surface area contributed by atoms with Crippen LogP contribution in [-0.2, 0) is 10.0 Å². The number of anilines is 1. The summed E-state index contributed by atoms with van der Waals surface area (Å²) in [6.45, 7) is 8.68. The fourth-order valence-corrected chi connectivity index (χ4v) is 2.78. The van der Waals surface area contributed by atoms with Gasteiger partial charge in [-0.15, -0.1) is 0 Å². The molecular weight excluding hydrogens is 264 g/mol. The normalized spacial score (nSPS) is 12.3. The topological polar surface area (TPSA) is 76.0 Å². The van der Waals surface area contributed by atoms with Crippen LogP contribution in [0.5, 0.6) is 0 Å². The second-order valence-corrected chi connectivity index (χ2v) is 6.98. The van der Waals surface area contributed by atoms with E-state index in [-0.39, 0.29) is 11.8 Å². The first-order chi connectivity index (χ1) is 8.82. The SMILES string of the molecule is CC(C)NCCCS(=O)(=O)Nc1ccnn1C(C)C. The highest BCUT2D eigenvalue weighted by Gasteiger charge is 2.14. The van der Waals surface area contributed by atoms with Gasteiger partial charge in [0.1, 0.15) is 5.82 Å². The van der Waals surface area contributed by atoms with Gasteiger partial charge in [-0.05, 0) is 26.8 Å². The molecule has 6 nitrogen and oxygen atoms in total. The number of hydrogen-bond acceptors (Lipinski definition) is 4. The maximum Gasteiger partial charge on any atom is 0.233 e. The first-order valence-corrected chi connectivity index (χ1v) is 8.24. The first kappa shape index (κ1) is 16.0. The average molecular weight is 288 g/mol. The number of sulfonamides is 1. The molecule has 19 heavy (non-hydrogen) atoms. The minimum absolute atomic E-state index is 0.107.